The van der Waals surface area contributed by atoms with Crippen molar-refractivity contribution in [1.29, 1.82) is 0 Å². The van der Waals surface area contributed by atoms with Gasteiger partial charge in [-0.25, -0.2) is 0 Å². The maximum Gasteiger partial charge on any atom is 0.197 e. The summed E-state index contributed by atoms with van der Waals surface area (Å²) in [4.78, 5) is 14.0. The Bertz CT molecular complexity index is 1420. The number of carbonyl (C=O) groups excluding carboxylic acids is 1. The van der Waals surface area contributed by atoms with Crippen molar-refractivity contribution in [3.05, 3.63) is 129 Å². The molecule has 0 spiro atoms. The third-order valence-electron chi connectivity index (χ3n) is 5.46. The van der Waals surface area contributed by atoms with E-state index >= 15 is 0 Å². The Hall–Kier alpha value is -3.21. The van der Waals surface area contributed by atoms with E-state index in [0.717, 1.165) is 31.2 Å². The third kappa shape index (κ3) is 4.24. The molecule has 2 nitrogen and oxygen atoms in total. The molecule has 0 aliphatic rings. The molecule has 0 saturated heterocycles. The Morgan fingerprint density at radius 2 is 1.18 bits per heavy atom. The fourth-order valence-electron chi connectivity index (χ4n) is 3.90. The van der Waals surface area contributed by atoms with Crippen LogP contribution in [0.4, 0.5) is 0 Å². The predicted octanol–water partition coefficient (Wildman–Crippen LogP) is 9.04. The van der Waals surface area contributed by atoms with Crippen molar-refractivity contribution < 1.29 is 9.21 Å². The van der Waals surface area contributed by atoms with Crippen molar-refractivity contribution in [3.8, 4) is 33.8 Å². The summed E-state index contributed by atoms with van der Waals surface area (Å²) in [5.74, 6) is 1.15. The van der Waals surface area contributed by atoms with Crippen molar-refractivity contribution in [2.24, 2.45) is 0 Å². The second-order valence-corrected chi connectivity index (χ2v) is 9.33. The molecule has 0 aliphatic carbocycles. The van der Waals surface area contributed by atoms with Crippen molar-refractivity contribution in [1.82, 2.24) is 0 Å². The van der Waals surface area contributed by atoms with Crippen LogP contribution in [0.5, 0.6) is 0 Å². The van der Waals surface area contributed by atoms with Gasteiger partial charge in [0.25, 0.3) is 0 Å². The molecule has 5 aromatic rings. The summed E-state index contributed by atoms with van der Waals surface area (Å²) >= 11 is 7.21. The topological polar surface area (TPSA) is 30.2 Å². The average molecular weight is 558 g/mol. The van der Waals surface area contributed by atoms with Gasteiger partial charge in [0.1, 0.15) is 11.5 Å². The van der Waals surface area contributed by atoms with E-state index < -0.39 is 0 Å². The minimum atomic E-state index is -0.0766. The van der Waals surface area contributed by atoms with Crippen molar-refractivity contribution in [2.45, 2.75) is 0 Å². The summed E-state index contributed by atoms with van der Waals surface area (Å²) in [5.41, 5.74) is 4.60. The summed E-state index contributed by atoms with van der Waals surface area (Å²) in [6.07, 6.45) is 0. The van der Waals surface area contributed by atoms with Gasteiger partial charge in [-0.1, -0.05) is 123 Å². The van der Waals surface area contributed by atoms with E-state index in [0.29, 0.717) is 22.6 Å². The quantitative estimate of drug-likeness (QED) is 0.202. The summed E-state index contributed by atoms with van der Waals surface area (Å²) in [6, 6.07) is 35.0. The van der Waals surface area contributed by atoms with Gasteiger partial charge in [-0.15, -0.1) is 0 Å². The summed E-state index contributed by atoms with van der Waals surface area (Å²) < 4.78 is 8.42. The van der Waals surface area contributed by atoms with Gasteiger partial charge in [-0.3, -0.25) is 4.79 Å². The number of ketones is 1. The Morgan fingerprint density at radius 1 is 0.606 bits per heavy atom. The molecular weight excluding hydrogens is 540 g/mol. The van der Waals surface area contributed by atoms with Crippen LogP contribution in [-0.2, 0) is 0 Å². The molecule has 0 radical (unpaired) electrons. The molecule has 0 fully saturated rings. The fraction of sp³-hybridized carbons (Fsp3) is 0. The molecule has 0 bridgehead atoms. The fourth-order valence-corrected chi connectivity index (χ4v) is 4.65. The summed E-state index contributed by atoms with van der Waals surface area (Å²) in [6.45, 7) is 0. The van der Waals surface area contributed by atoms with Gasteiger partial charge >= 0.3 is 0 Å². The van der Waals surface area contributed by atoms with Gasteiger partial charge in [-0.05, 0) is 18.2 Å². The lowest BCUT2D eigenvalue weighted by molar-refractivity contribution is 0.103. The average Bonchev–Trinajstić information content (AvgIpc) is 3.26. The summed E-state index contributed by atoms with van der Waals surface area (Å²) in [7, 11) is 0. The second kappa shape index (κ2) is 9.34. The highest BCUT2D eigenvalue weighted by molar-refractivity contribution is 9.10. The molecule has 4 aromatic carbocycles. The number of benzene rings is 4. The highest BCUT2D eigenvalue weighted by Gasteiger charge is 2.29. The molecule has 1 heterocycles. The van der Waals surface area contributed by atoms with E-state index in [1.165, 1.54) is 0 Å². The standard InChI is InChI=1S/C29H18Br2O2/c30-22-17-15-21(16-18-22)28-25(23-13-7-8-14-24(23)31)26(27(32)19-9-3-1-4-10-19)29(33-28)20-11-5-2-6-12-20/h1-18H. The lowest BCUT2D eigenvalue weighted by Gasteiger charge is -2.09. The zero-order valence-corrected chi connectivity index (χ0v) is 20.6. The molecule has 0 atom stereocenters. The molecule has 0 saturated carbocycles. The van der Waals surface area contributed by atoms with Crippen LogP contribution in [0.3, 0.4) is 0 Å². The largest absolute Gasteiger partial charge is 0.455 e. The molecule has 33 heavy (non-hydrogen) atoms. The number of halogens is 2. The highest BCUT2D eigenvalue weighted by atomic mass is 79.9. The zero-order valence-electron chi connectivity index (χ0n) is 17.5. The van der Waals surface area contributed by atoms with Gasteiger partial charge in [-0.2, -0.15) is 0 Å². The maximum atomic E-state index is 14.0. The zero-order chi connectivity index (χ0) is 22.8. The molecule has 0 amide bonds. The first-order chi connectivity index (χ1) is 16.1. The minimum absolute atomic E-state index is 0.0766. The van der Waals surface area contributed by atoms with Gasteiger partial charge < -0.3 is 4.42 Å². The third-order valence-corrected chi connectivity index (χ3v) is 6.68. The lowest BCUT2D eigenvalue weighted by Crippen LogP contribution is -2.04. The molecule has 4 heteroatoms. The van der Waals surface area contributed by atoms with Crippen LogP contribution in [0.2, 0.25) is 0 Å². The normalized spacial score (nSPS) is 10.8. The predicted molar refractivity (Wildman–Crippen MR) is 140 cm³/mol. The molecule has 5 rings (SSSR count). The van der Waals surface area contributed by atoms with Gasteiger partial charge in [0.05, 0.1) is 5.56 Å². The summed E-state index contributed by atoms with van der Waals surface area (Å²) in [5, 5.41) is 0. The highest BCUT2D eigenvalue weighted by Crippen LogP contribution is 2.46. The first kappa shape index (κ1) is 21.6. The Morgan fingerprint density at radius 3 is 1.85 bits per heavy atom. The first-order valence-electron chi connectivity index (χ1n) is 10.5. The number of hydrogen-bond donors (Lipinski definition) is 0. The van der Waals surface area contributed by atoms with E-state index in [4.69, 9.17) is 4.42 Å². The van der Waals surface area contributed by atoms with Crippen LogP contribution >= 0.6 is 31.9 Å². The number of carbonyl (C=O) groups is 1. The second-order valence-electron chi connectivity index (χ2n) is 7.56. The van der Waals surface area contributed by atoms with Crippen molar-refractivity contribution in [3.63, 3.8) is 0 Å². The van der Waals surface area contributed by atoms with Crippen LogP contribution in [0.15, 0.2) is 123 Å². The lowest BCUT2D eigenvalue weighted by atomic mass is 9.91. The van der Waals surface area contributed by atoms with Crippen LogP contribution in [0.1, 0.15) is 15.9 Å². The van der Waals surface area contributed by atoms with Crippen LogP contribution < -0.4 is 0 Å². The first-order valence-corrected chi connectivity index (χ1v) is 12.0. The number of rotatable bonds is 5. The Balaban J connectivity index is 1.88. The minimum Gasteiger partial charge on any atom is -0.455 e. The van der Waals surface area contributed by atoms with Gasteiger partial charge in [0.2, 0.25) is 0 Å². The smallest absolute Gasteiger partial charge is 0.197 e. The number of furan rings is 1. The molecular formula is C29H18Br2O2. The van der Waals surface area contributed by atoms with Crippen LogP contribution in [0.25, 0.3) is 33.8 Å². The van der Waals surface area contributed by atoms with E-state index in [-0.39, 0.29) is 5.78 Å². The molecule has 0 unspecified atom stereocenters. The van der Waals surface area contributed by atoms with Crippen molar-refractivity contribution in [2.75, 3.05) is 0 Å². The van der Waals surface area contributed by atoms with E-state index in [9.17, 15) is 4.79 Å². The van der Waals surface area contributed by atoms with Gasteiger partial charge in [0.15, 0.2) is 5.78 Å². The maximum absolute atomic E-state index is 14.0. The molecule has 160 valence electrons. The SMILES string of the molecule is O=C(c1ccccc1)c1c(-c2ccccc2)oc(-c2ccc(Br)cc2)c1-c1ccccc1Br. The Labute approximate surface area is 209 Å². The Kier molecular flexibility index (Phi) is 6.12. The molecule has 0 aliphatic heterocycles. The van der Waals surface area contributed by atoms with Gasteiger partial charge in [0, 0.05) is 36.8 Å². The van der Waals surface area contributed by atoms with Crippen molar-refractivity contribution >= 4 is 37.6 Å². The monoisotopic (exact) mass is 556 g/mol. The number of hydrogen-bond acceptors (Lipinski definition) is 2. The molecule has 1 aromatic heterocycles. The van der Waals surface area contributed by atoms with E-state index in [1.54, 1.807) is 0 Å². The molecule has 0 N–H and O–H groups in total. The van der Waals surface area contributed by atoms with Crippen LogP contribution in [0, 0.1) is 0 Å². The van der Waals surface area contributed by atoms with Crippen LogP contribution in [-0.4, -0.2) is 5.78 Å². The van der Waals surface area contributed by atoms with E-state index in [2.05, 4.69) is 31.9 Å². The van der Waals surface area contributed by atoms with E-state index in [1.807, 2.05) is 109 Å².